The third kappa shape index (κ3) is 3.89. The first kappa shape index (κ1) is 21.3. The van der Waals surface area contributed by atoms with Crippen LogP contribution in [0.4, 0.5) is 4.79 Å². The number of hydrogen-bond acceptors (Lipinski definition) is 3. The summed E-state index contributed by atoms with van der Waals surface area (Å²) in [5, 5.41) is 1.93. The Kier molecular flexibility index (Phi) is 5.43. The summed E-state index contributed by atoms with van der Waals surface area (Å²) in [5.41, 5.74) is 6.33. The van der Waals surface area contributed by atoms with Crippen LogP contribution < -0.4 is 0 Å². The van der Waals surface area contributed by atoms with Crippen LogP contribution in [-0.2, 0) is 11.3 Å². The first-order valence-electron chi connectivity index (χ1n) is 10.9. The van der Waals surface area contributed by atoms with E-state index in [-0.39, 0.29) is 17.7 Å². The molecule has 2 heterocycles. The van der Waals surface area contributed by atoms with Gasteiger partial charge in [0.15, 0.2) is 0 Å². The predicted molar refractivity (Wildman–Crippen MR) is 135 cm³/mol. The quantitative estimate of drug-likeness (QED) is 0.320. The number of fused-ring (bicyclic) bond motifs is 1. The number of aromatic nitrogens is 1. The molecule has 0 N–H and O–H groups in total. The molecule has 1 aliphatic heterocycles. The van der Waals surface area contributed by atoms with Crippen molar-refractivity contribution in [1.82, 2.24) is 9.47 Å². The average Bonchev–Trinajstić information content (AvgIpc) is 3.24. The summed E-state index contributed by atoms with van der Waals surface area (Å²) in [4.78, 5) is 27.7. The molecule has 0 bridgehead atoms. The van der Waals surface area contributed by atoms with Gasteiger partial charge in [0.2, 0.25) is 0 Å². The van der Waals surface area contributed by atoms with E-state index in [0.717, 1.165) is 50.7 Å². The molecule has 4 nitrogen and oxygen atoms in total. The smallest absolute Gasteiger partial charge is 0.293 e. The van der Waals surface area contributed by atoms with Gasteiger partial charge < -0.3 is 4.57 Å². The molecule has 1 aromatic heterocycles. The molecule has 1 aliphatic rings. The molecule has 1 saturated heterocycles. The Morgan fingerprint density at radius 2 is 1.61 bits per heavy atom. The molecule has 5 heteroatoms. The molecule has 2 amide bonds. The molecular formula is C28H24N2O2S. The molecule has 164 valence electrons. The number of hydrogen-bond donors (Lipinski definition) is 0. The van der Waals surface area contributed by atoms with Crippen molar-refractivity contribution in [2.45, 2.75) is 27.3 Å². The summed E-state index contributed by atoms with van der Waals surface area (Å²) >= 11 is 1.01. The van der Waals surface area contributed by atoms with Gasteiger partial charge in [-0.3, -0.25) is 14.5 Å². The molecule has 4 aromatic rings. The summed E-state index contributed by atoms with van der Waals surface area (Å²) in [6.07, 6.45) is 1.85. The van der Waals surface area contributed by atoms with Crippen LogP contribution in [-0.4, -0.2) is 20.6 Å². The van der Waals surface area contributed by atoms with Crippen molar-refractivity contribution >= 4 is 39.8 Å². The maximum atomic E-state index is 13.2. The fourth-order valence-electron chi connectivity index (χ4n) is 4.40. The first-order chi connectivity index (χ1) is 15.9. The number of carbonyl (C=O) groups is 2. The van der Waals surface area contributed by atoms with Gasteiger partial charge in [0.1, 0.15) is 0 Å². The second-order valence-corrected chi connectivity index (χ2v) is 9.40. The largest absolute Gasteiger partial charge is 0.318 e. The van der Waals surface area contributed by atoms with Crippen LogP contribution in [0, 0.1) is 20.8 Å². The van der Waals surface area contributed by atoms with Crippen molar-refractivity contribution in [3.63, 3.8) is 0 Å². The highest BCUT2D eigenvalue weighted by Gasteiger charge is 2.35. The van der Waals surface area contributed by atoms with Crippen LogP contribution in [0.15, 0.2) is 77.7 Å². The average molecular weight is 453 g/mol. The van der Waals surface area contributed by atoms with Crippen LogP contribution in [0.2, 0.25) is 0 Å². The Bertz CT molecular complexity index is 1430. The Balaban J connectivity index is 1.45. The van der Waals surface area contributed by atoms with Crippen LogP contribution in [0.25, 0.3) is 22.5 Å². The fraction of sp³-hybridized carbons (Fsp3) is 0.143. The van der Waals surface area contributed by atoms with E-state index in [1.165, 1.54) is 10.5 Å². The number of carbonyl (C=O) groups excluding carboxylic acids is 2. The van der Waals surface area contributed by atoms with E-state index in [2.05, 4.69) is 48.7 Å². The number of benzene rings is 3. The van der Waals surface area contributed by atoms with E-state index < -0.39 is 0 Å². The van der Waals surface area contributed by atoms with Crippen molar-refractivity contribution in [3.05, 3.63) is 106 Å². The molecule has 0 radical (unpaired) electrons. The lowest BCUT2D eigenvalue weighted by Gasteiger charge is -2.14. The number of aryl methyl sites for hydroxylation is 2. The SMILES string of the molecule is Cc1ccc(-n2c(C)cc(/C=C3\SC(=O)N(Cc4cccc5ccccc45)C3=O)c2C)cc1. The minimum absolute atomic E-state index is 0.230. The standard InChI is InChI=1S/C28H24N2O2S/c1-18-11-13-24(14-12-18)30-19(2)15-23(20(30)3)16-26-27(31)29(28(32)33-26)17-22-9-6-8-21-7-4-5-10-25(21)22/h4-16H,17H2,1-3H3/b26-16-. The van der Waals surface area contributed by atoms with Crippen molar-refractivity contribution in [3.8, 4) is 5.69 Å². The van der Waals surface area contributed by atoms with Gasteiger partial charge in [0, 0.05) is 17.1 Å². The molecule has 0 atom stereocenters. The summed E-state index contributed by atoms with van der Waals surface area (Å²) in [6, 6.07) is 24.4. The zero-order valence-corrected chi connectivity index (χ0v) is 19.6. The van der Waals surface area contributed by atoms with Crippen molar-refractivity contribution < 1.29 is 9.59 Å². The molecule has 0 aliphatic carbocycles. The van der Waals surface area contributed by atoms with E-state index in [0.29, 0.717) is 4.91 Å². The highest BCUT2D eigenvalue weighted by molar-refractivity contribution is 8.18. The lowest BCUT2D eigenvalue weighted by atomic mass is 10.0. The molecule has 0 unspecified atom stereocenters. The van der Waals surface area contributed by atoms with Gasteiger partial charge in [-0.1, -0.05) is 60.2 Å². The van der Waals surface area contributed by atoms with E-state index in [1.807, 2.05) is 55.5 Å². The fourth-order valence-corrected chi connectivity index (χ4v) is 5.23. The summed E-state index contributed by atoms with van der Waals surface area (Å²) in [5.74, 6) is -0.238. The van der Waals surface area contributed by atoms with E-state index in [1.54, 1.807) is 0 Å². The third-order valence-electron chi connectivity index (χ3n) is 6.13. The Hall–Kier alpha value is -3.57. The van der Waals surface area contributed by atoms with Gasteiger partial charge in [-0.2, -0.15) is 0 Å². The summed E-state index contributed by atoms with van der Waals surface area (Å²) in [6.45, 7) is 6.43. The van der Waals surface area contributed by atoms with Gasteiger partial charge in [-0.15, -0.1) is 0 Å². The predicted octanol–water partition coefficient (Wildman–Crippen LogP) is 6.79. The number of imide groups is 1. The minimum atomic E-state index is -0.238. The molecule has 0 spiro atoms. The highest BCUT2D eigenvalue weighted by atomic mass is 32.2. The van der Waals surface area contributed by atoms with Crippen molar-refractivity contribution in [2.75, 3.05) is 0 Å². The number of rotatable bonds is 4. The zero-order valence-electron chi connectivity index (χ0n) is 18.8. The molecule has 3 aromatic carbocycles. The number of nitrogens with zero attached hydrogens (tertiary/aromatic N) is 2. The van der Waals surface area contributed by atoms with Crippen LogP contribution >= 0.6 is 11.8 Å². The van der Waals surface area contributed by atoms with Crippen LogP contribution in [0.1, 0.15) is 28.1 Å². The van der Waals surface area contributed by atoms with Crippen molar-refractivity contribution in [1.29, 1.82) is 0 Å². The van der Waals surface area contributed by atoms with E-state index >= 15 is 0 Å². The minimum Gasteiger partial charge on any atom is -0.318 e. The number of thioether (sulfide) groups is 1. The van der Waals surface area contributed by atoms with Gasteiger partial charge in [-0.05, 0) is 78.7 Å². The molecular weight excluding hydrogens is 428 g/mol. The number of amides is 2. The topological polar surface area (TPSA) is 42.3 Å². The van der Waals surface area contributed by atoms with Crippen LogP contribution in [0.3, 0.4) is 0 Å². The summed E-state index contributed by atoms with van der Waals surface area (Å²) < 4.78 is 2.17. The van der Waals surface area contributed by atoms with Crippen LogP contribution in [0.5, 0.6) is 0 Å². The van der Waals surface area contributed by atoms with Gasteiger partial charge in [-0.25, -0.2) is 0 Å². The third-order valence-corrected chi connectivity index (χ3v) is 7.04. The van der Waals surface area contributed by atoms with Crippen molar-refractivity contribution in [2.24, 2.45) is 0 Å². The van der Waals surface area contributed by atoms with E-state index in [4.69, 9.17) is 0 Å². The lowest BCUT2D eigenvalue weighted by Crippen LogP contribution is -2.27. The van der Waals surface area contributed by atoms with E-state index in [9.17, 15) is 9.59 Å². The highest BCUT2D eigenvalue weighted by Crippen LogP contribution is 2.35. The normalized spacial score (nSPS) is 15.2. The Morgan fingerprint density at radius 3 is 2.39 bits per heavy atom. The molecule has 5 rings (SSSR count). The molecule has 0 saturated carbocycles. The molecule has 33 heavy (non-hydrogen) atoms. The lowest BCUT2D eigenvalue weighted by molar-refractivity contribution is -0.123. The Labute approximate surface area is 197 Å². The maximum Gasteiger partial charge on any atom is 0.293 e. The molecule has 1 fully saturated rings. The van der Waals surface area contributed by atoms with Gasteiger partial charge in [0.05, 0.1) is 11.4 Å². The second-order valence-electron chi connectivity index (χ2n) is 8.40. The zero-order chi connectivity index (χ0) is 23.1. The van der Waals surface area contributed by atoms with Gasteiger partial charge >= 0.3 is 0 Å². The first-order valence-corrected chi connectivity index (χ1v) is 11.7. The summed E-state index contributed by atoms with van der Waals surface area (Å²) in [7, 11) is 0. The monoisotopic (exact) mass is 452 g/mol. The van der Waals surface area contributed by atoms with Gasteiger partial charge in [0.25, 0.3) is 11.1 Å². The second kappa shape index (κ2) is 8.41. The maximum absolute atomic E-state index is 13.2. The Morgan fingerprint density at radius 1 is 0.879 bits per heavy atom.